The van der Waals surface area contributed by atoms with Crippen LogP contribution in [0.1, 0.15) is 5.56 Å². The number of hydrogen-bond donors (Lipinski definition) is 1. The average molecular weight is 234 g/mol. The summed E-state index contributed by atoms with van der Waals surface area (Å²) >= 11 is 0. The van der Waals surface area contributed by atoms with E-state index in [-0.39, 0.29) is 11.9 Å². The van der Waals surface area contributed by atoms with Gasteiger partial charge in [-0.2, -0.15) is 0 Å². The second kappa shape index (κ2) is 5.25. The lowest BCUT2D eigenvalue weighted by molar-refractivity contribution is -0.125. The second-order valence-corrected chi connectivity index (χ2v) is 4.51. The van der Waals surface area contributed by atoms with Crippen LogP contribution >= 0.6 is 0 Å². The Labute approximate surface area is 101 Å². The smallest absolute Gasteiger partial charge is 0.236 e. The molecule has 1 saturated heterocycles. The third-order valence-electron chi connectivity index (χ3n) is 3.16. The summed E-state index contributed by atoms with van der Waals surface area (Å²) in [6.07, 6.45) is 3.54. The lowest BCUT2D eigenvalue weighted by Crippen LogP contribution is -2.56. The fourth-order valence-corrected chi connectivity index (χ4v) is 2.14. The number of carbonyl (C=O) groups is 1. The molecule has 5 nitrogen and oxygen atoms in total. The van der Waals surface area contributed by atoms with Crippen molar-refractivity contribution in [1.29, 1.82) is 0 Å². The molecule has 0 bridgehead atoms. The monoisotopic (exact) mass is 234 g/mol. The second-order valence-electron chi connectivity index (χ2n) is 4.51. The number of pyridine rings is 1. The van der Waals surface area contributed by atoms with Gasteiger partial charge in [0.1, 0.15) is 6.04 Å². The molecule has 0 saturated carbocycles. The van der Waals surface area contributed by atoms with Crippen molar-refractivity contribution in [2.75, 3.05) is 26.7 Å². The molecule has 0 radical (unpaired) electrons. The molecule has 0 spiro atoms. The Morgan fingerprint density at radius 3 is 2.82 bits per heavy atom. The van der Waals surface area contributed by atoms with Gasteiger partial charge in [0, 0.05) is 38.6 Å². The van der Waals surface area contributed by atoms with Gasteiger partial charge in [-0.3, -0.25) is 14.7 Å². The molecule has 1 aliphatic rings. The highest BCUT2D eigenvalue weighted by atomic mass is 16.1. The molecule has 1 aliphatic heterocycles. The fraction of sp³-hybridized carbons (Fsp3) is 0.500. The van der Waals surface area contributed by atoms with Gasteiger partial charge in [0.25, 0.3) is 0 Å². The Morgan fingerprint density at radius 2 is 2.18 bits per heavy atom. The van der Waals surface area contributed by atoms with E-state index < -0.39 is 0 Å². The van der Waals surface area contributed by atoms with E-state index in [9.17, 15) is 4.79 Å². The molecule has 92 valence electrons. The zero-order chi connectivity index (χ0) is 12.3. The van der Waals surface area contributed by atoms with Gasteiger partial charge in [0.05, 0.1) is 0 Å². The van der Waals surface area contributed by atoms with Crippen molar-refractivity contribution in [3.8, 4) is 0 Å². The average Bonchev–Trinajstić information content (AvgIpc) is 2.32. The molecule has 1 aromatic heterocycles. The van der Waals surface area contributed by atoms with Gasteiger partial charge in [0.15, 0.2) is 0 Å². The fourth-order valence-electron chi connectivity index (χ4n) is 2.14. The Hall–Kier alpha value is -1.46. The number of rotatable bonds is 3. The van der Waals surface area contributed by atoms with Gasteiger partial charge in [-0.05, 0) is 24.7 Å². The minimum atomic E-state index is -0.245. The van der Waals surface area contributed by atoms with E-state index in [0.717, 1.165) is 25.2 Å². The summed E-state index contributed by atoms with van der Waals surface area (Å²) in [5.41, 5.74) is 6.62. The van der Waals surface area contributed by atoms with E-state index in [0.29, 0.717) is 6.54 Å². The summed E-state index contributed by atoms with van der Waals surface area (Å²) in [7, 11) is 2.01. The molecule has 2 heterocycles. The third kappa shape index (κ3) is 3.01. The molecule has 2 N–H and O–H groups in total. The van der Waals surface area contributed by atoms with Gasteiger partial charge in [0.2, 0.25) is 5.91 Å². The Morgan fingerprint density at radius 1 is 1.47 bits per heavy atom. The Kier molecular flexibility index (Phi) is 3.71. The lowest BCUT2D eigenvalue weighted by Gasteiger charge is -2.38. The molecule has 1 aromatic rings. The molecular formula is C12H18N4O. The van der Waals surface area contributed by atoms with Crippen LogP contribution < -0.4 is 5.73 Å². The topological polar surface area (TPSA) is 62.5 Å². The zero-order valence-electron chi connectivity index (χ0n) is 10.0. The number of hydrogen-bond acceptors (Lipinski definition) is 4. The minimum absolute atomic E-state index is 0.193. The number of likely N-dealkylation sites (N-methyl/N-ethyl adjacent to an activating group) is 1. The number of nitrogens with two attached hydrogens (primary N) is 1. The van der Waals surface area contributed by atoms with Crippen LogP contribution in [-0.4, -0.2) is 53.4 Å². The van der Waals surface area contributed by atoms with Crippen LogP contribution in [0.25, 0.3) is 0 Å². The number of aromatic nitrogens is 1. The normalized spacial score (nSPS) is 22.5. The van der Waals surface area contributed by atoms with Crippen LogP contribution in [0.15, 0.2) is 24.5 Å². The van der Waals surface area contributed by atoms with Gasteiger partial charge in [-0.1, -0.05) is 0 Å². The number of piperazine rings is 1. The van der Waals surface area contributed by atoms with Crippen LogP contribution in [0.3, 0.4) is 0 Å². The number of amides is 1. The van der Waals surface area contributed by atoms with E-state index in [2.05, 4.69) is 14.8 Å². The molecule has 0 aliphatic carbocycles. The van der Waals surface area contributed by atoms with Crippen molar-refractivity contribution in [3.63, 3.8) is 0 Å². The maximum Gasteiger partial charge on any atom is 0.236 e. The maximum absolute atomic E-state index is 11.4. The predicted molar refractivity (Wildman–Crippen MR) is 65.1 cm³/mol. The quantitative estimate of drug-likeness (QED) is 0.779. The highest BCUT2D eigenvalue weighted by molar-refractivity contribution is 5.80. The third-order valence-corrected chi connectivity index (χ3v) is 3.16. The van der Waals surface area contributed by atoms with Crippen LogP contribution in [-0.2, 0) is 11.3 Å². The molecule has 1 fully saturated rings. The SMILES string of the molecule is CN1CCN(Cc2ccncc2)[C@H](C(N)=O)C1. The summed E-state index contributed by atoms with van der Waals surface area (Å²) in [4.78, 5) is 19.7. The van der Waals surface area contributed by atoms with E-state index >= 15 is 0 Å². The van der Waals surface area contributed by atoms with Gasteiger partial charge < -0.3 is 10.6 Å². The molecular weight excluding hydrogens is 216 g/mol. The molecule has 0 unspecified atom stereocenters. The van der Waals surface area contributed by atoms with Crippen molar-refractivity contribution in [1.82, 2.24) is 14.8 Å². The van der Waals surface area contributed by atoms with E-state index in [4.69, 9.17) is 5.73 Å². The van der Waals surface area contributed by atoms with Crippen molar-refractivity contribution in [2.24, 2.45) is 5.73 Å². The van der Waals surface area contributed by atoms with Gasteiger partial charge in [-0.15, -0.1) is 0 Å². The van der Waals surface area contributed by atoms with E-state index in [1.165, 1.54) is 0 Å². The van der Waals surface area contributed by atoms with Crippen molar-refractivity contribution in [3.05, 3.63) is 30.1 Å². The van der Waals surface area contributed by atoms with Crippen LogP contribution in [0, 0.1) is 0 Å². The maximum atomic E-state index is 11.4. The van der Waals surface area contributed by atoms with Crippen LogP contribution in [0.2, 0.25) is 0 Å². The van der Waals surface area contributed by atoms with Crippen molar-refractivity contribution < 1.29 is 4.79 Å². The molecule has 1 atom stereocenters. The van der Waals surface area contributed by atoms with Crippen LogP contribution in [0.5, 0.6) is 0 Å². The summed E-state index contributed by atoms with van der Waals surface area (Å²) in [5, 5.41) is 0. The summed E-state index contributed by atoms with van der Waals surface area (Å²) in [5.74, 6) is -0.245. The first-order valence-corrected chi connectivity index (χ1v) is 5.77. The Balaban J connectivity index is 2.06. The summed E-state index contributed by atoms with van der Waals surface area (Å²) in [6, 6.07) is 3.74. The largest absolute Gasteiger partial charge is 0.368 e. The van der Waals surface area contributed by atoms with Crippen molar-refractivity contribution >= 4 is 5.91 Å². The van der Waals surface area contributed by atoms with E-state index in [1.54, 1.807) is 12.4 Å². The van der Waals surface area contributed by atoms with Crippen molar-refractivity contribution in [2.45, 2.75) is 12.6 Å². The summed E-state index contributed by atoms with van der Waals surface area (Å²) < 4.78 is 0. The number of nitrogens with zero attached hydrogens (tertiary/aromatic N) is 3. The van der Waals surface area contributed by atoms with Crippen LogP contribution in [0.4, 0.5) is 0 Å². The van der Waals surface area contributed by atoms with Gasteiger partial charge in [-0.25, -0.2) is 0 Å². The number of carbonyl (C=O) groups excluding carboxylic acids is 1. The molecule has 2 rings (SSSR count). The highest BCUT2D eigenvalue weighted by Crippen LogP contribution is 2.12. The Bertz CT molecular complexity index is 381. The first-order chi connectivity index (χ1) is 8.16. The predicted octanol–water partition coefficient (Wildman–Crippen LogP) is -0.317. The molecule has 0 aromatic carbocycles. The van der Waals surface area contributed by atoms with Gasteiger partial charge >= 0.3 is 0 Å². The summed E-state index contributed by atoms with van der Waals surface area (Å²) in [6.45, 7) is 3.30. The minimum Gasteiger partial charge on any atom is -0.368 e. The highest BCUT2D eigenvalue weighted by Gasteiger charge is 2.29. The molecule has 5 heteroatoms. The first-order valence-electron chi connectivity index (χ1n) is 5.77. The number of primary amides is 1. The molecule has 1 amide bonds. The lowest BCUT2D eigenvalue weighted by atomic mass is 10.1. The standard InChI is InChI=1S/C12H18N4O/c1-15-6-7-16(11(9-15)12(13)17)8-10-2-4-14-5-3-10/h2-5,11H,6-9H2,1H3,(H2,13,17)/t11-/m0/s1. The zero-order valence-corrected chi connectivity index (χ0v) is 10.0. The van der Waals surface area contributed by atoms with E-state index in [1.807, 2.05) is 19.2 Å². The molecule has 17 heavy (non-hydrogen) atoms. The first kappa shape index (κ1) is 12.0.